The SMILES string of the molecule is COC1CCCN(c2ncccc2S(C)(=O)=O)C1. The number of aromatic nitrogens is 1. The highest BCUT2D eigenvalue weighted by Crippen LogP contribution is 2.25. The predicted octanol–water partition coefficient (Wildman–Crippen LogP) is 1.10. The highest BCUT2D eigenvalue weighted by atomic mass is 32.2. The number of anilines is 1. The van der Waals surface area contributed by atoms with Gasteiger partial charge in [0.1, 0.15) is 10.7 Å². The Morgan fingerprint density at radius 3 is 2.94 bits per heavy atom. The van der Waals surface area contributed by atoms with E-state index in [0.29, 0.717) is 17.3 Å². The van der Waals surface area contributed by atoms with Crippen molar-refractivity contribution in [3.05, 3.63) is 18.3 Å². The average Bonchev–Trinajstić information content (AvgIpc) is 2.38. The number of hydrogen-bond acceptors (Lipinski definition) is 5. The van der Waals surface area contributed by atoms with E-state index in [9.17, 15) is 8.42 Å². The van der Waals surface area contributed by atoms with Crippen molar-refractivity contribution in [2.45, 2.75) is 23.8 Å². The second-order valence-electron chi connectivity index (χ2n) is 4.54. The van der Waals surface area contributed by atoms with Crippen molar-refractivity contribution >= 4 is 15.7 Å². The molecule has 1 saturated heterocycles. The molecule has 100 valence electrons. The molecule has 0 radical (unpaired) electrons. The van der Waals surface area contributed by atoms with Crippen molar-refractivity contribution in [3.8, 4) is 0 Å². The van der Waals surface area contributed by atoms with E-state index in [-0.39, 0.29) is 6.10 Å². The minimum atomic E-state index is -3.25. The van der Waals surface area contributed by atoms with Crippen LogP contribution in [0.25, 0.3) is 0 Å². The van der Waals surface area contributed by atoms with E-state index in [1.54, 1.807) is 25.4 Å². The molecule has 0 bridgehead atoms. The molecule has 0 aliphatic carbocycles. The van der Waals surface area contributed by atoms with Crippen LogP contribution in [-0.2, 0) is 14.6 Å². The molecule has 0 saturated carbocycles. The molecule has 5 nitrogen and oxygen atoms in total. The molecule has 1 unspecified atom stereocenters. The zero-order valence-corrected chi connectivity index (χ0v) is 11.5. The Balaban J connectivity index is 2.33. The third-order valence-electron chi connectivity index (χ3n) is 3.16. The standard InChI is InChI=1S/C12H18N2O3S/c1-17-10-5-4-8-14(9-10)12-11(18(2,15)16)6-3-7-13-12/h3,6-7,10H,4-5,8-9H2,1-2H3. The Morgan fingerprint density at radius 1 is 1.50 bits per heavy atom. The second kappa shape index (κ2) is 5.24. The molecule has 0 N–H and O–H groups in total. The van der Waals surface area contributed by atoms with Crippen LogP contribution in [0.3, 0.4) is 0 Å². The molecule has 1 aliphatic rings. The highest BCUT2D eigenvalue weighted by Gasteiger charge is 2.24. The van der Waals surface area contributed by atoms with E-state index in [1.165, 1.54) is 6.26 Å². The van der Waals surface area contributed by atoms with Crippen LogP contribution in [0.2, 0.25) is 0 Å². The number of nitrogens with zero attached hydrogens (tertiary/aromatic N) is 2. The van der Waals surface area contributed by atoms with E-state index < -0.39 is 9.84 Å². The predicted molar refractivity (Wildman–Crippen MR) is 69.6 cm³/mol. The summed E-state index contributed by atoms with van der Waals surface area (Å²) in [5.41, 5.74) is 0. The van der Waals surface area contributed by atoms with Gasteiger partial charge in [0, 0.05) is 32.7 Å². The van der Waals surface area contributed by atoms with Gasteiger partial charge in [0.25, 0.3) is 0 Å². The van der Waals surface area contributed by atoms with Crippen molar-refractivity contribution in [2.75, 3.05) is 31.4 Å². The fraction of sp³-hybridized carbons (Fsp3) is 0.583. The lowest BCUT2D eigenvalue weighted by atomic mass is 10.1. The summed E-state index contributed by atoms with van der Waals surface area (Å²) >= 11 is 0. The van der Waals surface area contributed by atoms with Crippen LogP contribution in [0.5, 0.6) is 0 Å². The molecule has 1 aliphatic heterocycles. The molecule has 1 aromatic heterocycles. The fourth-order valence-electron chi connectivity index (χ4n) is 2.23. The quantitative estimate of drug-likeness (QED) is 0.823. The van der Waals surface area contributed by atoms with Gasteiger partial charge < -0.3 is 9.64 Å². The third kappa shape index (κ3) is 2.81. The Labute approximate surface area is 108 Å². The Bertz CT molecular complexity index is 516. The van der Waals surface area contributed by atoms with Crippen molar-refractivity contribution < 1.29 is 13.2 Å². The zero-order valence-electron chi connectivity index (χ0n) is 10.7. The monoisotopic (exact) mass is 270 g/mol. The number of rotatable bonds is 3. The maximum atomic E-state index is 11.7. The summed E-state index contributed by atoms with van der Waals surface area (Å²) in [7, 11) is -1.57. The lowest BCUT2D eigenvalue weighted by Gasteiger charge is -2.33. The maximum Gasteiger partial charge on any atom is 0.179 e. The Kier molecular flexibility index (Phi) is 3.87. The van der Waals surface area contributed by atoms with Crippen LogP contribution in [0.1, 0.15) is 12.8 Å². The molecule has 1 fully saturated rings. The van der Waals surface area contributed by atoms with Crippen molar-refractivity contribution in [2.24, 2.45) is 0 Å². The van der Waals surface area contributed by atoms with Gasteiger partial charge in [-0.1, -0.05) is 0 Å². The first-order chi connectivity index (χ1) is 8.52. The first-order valence-corrected chi connectivity index (χ1v) is 7.84. The van der Waals surface area contributed by atoms with E-state index >= 15 is 0 Å². The summed E-state index contributed by atoms with van der Waals surface area (Å²) < 4.78 is 28.8. The van der Waals surface area contributed by atoms with E-state index in [0.717, 1.165) is 19.4 Å². The number of hydrogen-bond donors (Lipinski definition) is 0. The number of ether oxygens (including phenoxy) is 1. The Hall–Kier alpha value is -1.14. The third-order valence-corrected chi connectivity index (χ3v) is 4.28. The van der Waals surface area contributed by atoms with E-state index in [2.05, 4.69) is 4.98 Å². The summed E-state index contributed by atoms with van der Waals surface area (Å²) in [4.78, 5) is 6.52. The summed E-state index contributed by atoms with van der Waals surface area (Å²) in [6.07, 6.45) is 4.98. The zero-order chi connectivity index (χ0) is 13.2. The van der Waals surface area contributed by atoms with Crippen LogP contribution in [0.15, 0.2) is 23.2 Å². The molecular formula is C12H18N2O3S. The molecule has 0 amide bonds. The number of pyridine rings is 1. The van der Waals surface area contributed by atoms with Crippen molar-refractivity contribution in [3.63, 3.8) is 0 Å². The lowest BCUT2D eigenvalue weighted by molar-refractivity contribution is 0.0890. The highest BCUT2D eigenvalue weighted by molar-refractivity contribution is 7.90. The largest absolute Gasteiger partial charge is 0.380 e. The minimum Gasteiger partial charge on any atom is -0.380 e. The van der Waals surface area contributed by atoms with Gasteiger partial charge in [-0.3, -0.25) is 0 Å². The van der Waals surface area contributed by atoms with Gasteiger partial charge >= 0.3 is 0 Å². The second-order valence-corrected chi connectivity index (χ2v) is 6.53. The summed E-state index contributed by atoms with van der Waals surface area (Å²) in [5, 5.41) is 0. The van der Waals surface area contributed by atoms with Gasteiger partial charge in [0.15, 0.2) is 9.84 Å². The first-order valence-electron chi connectivity index (χ1n) is 5.95. The minimum absolute atomic E-state index is 0.146. The van der Waals surface area contributed by atoms with Gasteiger partial charge in [-0.25, -0.2) is 13.4 Å². The van der Waals surface area contributed by atoms with Gasteiger partial charge in [-0.15, -0.1) is 0 Å². The molecular weight excluding hydrogens is 252 g/mol. The van der Waals surface area contributed by atoms with Crippen molar-refractivity contribution in [1.82, 2.24) is 4.98 Å². The van der Waals surface area contributed by atoms with Crippen LogP contribution >= 0.6 is 0 Å². The molecule has 0 spiro atoms. The average molecular weight is 270 g/mol. The normalized spacial score (nSPS) is 21.0. The van der Waals surface area contributed by atoms with E-state index in [4.69, 9.17) is 4.74 Å². The summed E-state index contributed by atoms with van der Waals surface area (Å²) in [6, 6.07) is 3.26. The molecule has 2 rings (SSSR count). The Morgan fingerprint density at radius 2 is 2.28 bits per heavy atom. The van der Waals surface area contributed by atoms with Crippen LogP contribution in [-0.4, -0.2) is 46.0 Å². The van der Waals surface area contributed by atoms with Crippen LogP contribution in [0, 0.1) is 0 Å². The first kappa shape index (κ1) is 13.3. The molecule has 6 heteroatoms. The molecule has 2 heterocycles. The summed E-state index contributed by atoms with van der Waals surface area (Å²) in [6.45, 7) is 1.51. The van der Waals surface area contributed by atoms with E-state index in [1.807, 2.05) is 4.90 Å². The molecule has 0 aromatic carbocycles. The molecule has 1 aromatic rings. The number of sulfone groups is 1. The van der Waals surface area contributed by atoms with Gasteiger partial charge in [0.05, 0.1) is 6.10 Å². The summed E-state index contributed by atoms with van der Waals surface area (Å²) in [5.74, 6) is 0.543. The van der Waals surface area contributed by atoms with Gasteiger partial charge in [-0.2, -0.15) is 0 Å². The fourth-order valence-corrected chi connectivity index (χ4v) is 3.07. The van der Waals surface area contributed by atoms with Crippen LogP contribution < -0.4 is 4.90 Å². The van der Waals surface area contributed by atoms with Crippen molar-refractivity contribution in [1.29, 1.82) is 0 Å². The van der Waals surface area contributed by atoms with Crippen LogP contribution in [0.4, 0.5) is 5.82 Å². The molecule has 1 atom stereocenters. The topological polar surface area (TPSA) is 59.5 Å². The van der Waals surface area contributed by atoms with Gasteiger partial charge in [-0.05, 0) is 25.0 Å². The number of methoxy groups -OCH3 is 1. The van der Waals surface area contributed by atoms with Gasteiger partial charge in [0.2, 0.25) is 0 Å². The lowest BCUT2D eigenvalue weighted by Crippen LogP contribution is -2.40. The smallest absolute Gasteiger partial charge is 0.179 e. The maximum absolute atomic E-state index is 11.7. The molecule has 18 heavy (non-hydrogen) atoms. The number of piperidine rings is 1.